The number of amidine groups is 4. The average molecular weight is 1900 g/mol. The number of rotatable bonds is 20. The minimum absolute atomic E-state index is 0.224. The van der Waals surface area contributed by atoms with Crippen molar-refractivity contribution in [3.05, 3.63) is 374 Å². The number of hydrogen-bond acceptors (Lipinski definition) is 13. The lowest BCUT2D eigenvalue weighted by molar-refractivity contribution is 0.101. The average Bonchev–Trinajstić information content (AvgIpc) is 1.09. The zero-order valence-corrected chi connectivity index (χ0v) is 76.3. The molecule has 8 amide bonds. The SMILES string of the molecule is CN(C)C(=N)c1ccc(C(=O)Nc2ccc(Cl)cc2C(=O)Nc2ccc(Cl)cc2)cc1.CN1CCN=C1c1ccc(C(=O)Nc2ccc(Cl)cc2C(=O)Nc2ccc(Cl)cc2)cc1.N=C(c1ccc(C(=O)Nc2ccc(Cl)cc2C(=O)Nc2ccc(Cl)cc2)cc1)N1CCCC1.N=C(c1ccc(C(=O)Nc2ccc(Cl)cc2C(=O)Nc2ccc(Cl)cc2)cc1)N1CCCCC1. The highest BCUT2D eigenvalue weighted by Crippen LogP contribution is 2.31. The lowest BCUT2D eigenvalue weighted by atomic mass is 10.1. The molecule has 3 heterocycles. The number of aliphatic imine (C=N–C) groups is 1. The Bertz CT molecular complexity index is 6220. The largest absolute Gasteiger partial charge is 0.363 e. The number of carbonyl (C=O) groups excluding carboxylic acids is 8. The van der Waals surface area contributed by atoms with Gasteiger partial charge in [-0.3, -0.25) is 59.6 Å². The number of likely N-dealkylation sites (N-methyl/N-ethyl adjacent to an activating group) is 1. The van der Waals surface area contributed by atoms with E-state index < -0.39 is 23.6 Å². The zero-order chi connectivity index (χ0) is 92.7. The van der Waals surface area contributed by atoms with Crippen LogP contribution >= 0.6 is 92.8 Å². The Morgan fingerprint density at radius 2 is 0.523 bits per heavy atom. The Morgan fingerprint density at radius 3 is 0.777 bits per heavy atom. The second-order valence-electron chi connectivity index (χ2n) is 30.0. The van der Waals surface area contributed by atoms with Crippen molar-refractivity contribution in [2.75, 3.05) is 103 Å². The number of nitrogens with zero attached hydrogens (tertiary/aromatic N) is 5. The van der Waals surface area contributed by atoms with Gasteiger partial charge in [0.15, 0.2) is 0 Å². The van der Waals surface area contributed by atoms with Gasteiger partial charge in [0.25, 0.3) is 47.3 Å². The molecule has 12 aromatic rings. The molecule has 0 aliphatic carbocycles. The van der Waals surface area contributed by atoms with Gasteiger partial charge in [0.05, 0.1) is 51.5 Å². The molecule has 12 aromatic carbocycles. The molecule has 0 aromatic heterocycles. The van der Waals surface area contributed by atoms with Crippen molar-refractivity contribution in [3.63, 3.8) is 0 Å². The van der Waals surface area contributed by atoms with E-state index in [-0.39, 0.29) is 45.9 Å². The molecular weight excluding hydrogens is 1810 g/mol. The van der Waals surface area contributed by atoms with Crippen LogP contribution in [0.2, 0.25) is 40.2 Å². The first-order valence-electron chi connectivity index (χ1n) is 40.8. The van der Waals surface area contributed by atoms with Crippen LogP contribution in [0.5, 0.6) is 0 Å². The molecule has 3 aliphatic rings. The van der Waals surface area contributed by atoms with Crippen LogP contribution in [-0.4, -0.2) is 151 Å². The lowest BCUT2D eigenvalue weighted by Gasteiger charge is -2.29. The summed E-state index contributed by atoms with van der Waals surface area (Å²) in [5.74, 6) is -0.888. The van der Waals surface area contributed by atoms with E-state index in [0.29, 0.717) is 131 Å². The molecule has 0 spiro atoms. The molecule has 3 aliphatic heterocycles. The van der Waals surface area contributed by atoms with Crippen LogP contribution in [0.3, 0.4) is 0 Å². The standard InChI is InChI=1S/C26H24Cl2N4O2.C25H22Cl2N4O2.C24H20Cl2N4O2.C23H20Cl2N4O2/c27-19-8-11-21(12-9-19)30-26(34)22-16-20(28)10-13-23(22)31-25(33)18-6-4-17(5-7-18)24(29)32-14-2-1-3-15-32;26-18-7-10-20(11-8-18)29-25(33)21-15-19(27)9-12-22(21)30-24(32)17-5-3-16(4-6-17)23(28)31-13-1-2-14-31;1-30-13-12-27-22(30)15-2-4-16(5-3-15)23(31)29-21-11-8-18(26)14-20(21)24(32)28-19-9-6-17(25)7-10-19;1-29(2)21(26)14-3-5-15(6-4-14)22(30)28-20-12-9-17(25)13-19(20)23(31)27-18-10-7-16(24)8-11-18/h4-13,16,29H,1-3,14-15H2,(H,30,34)(H,31,33);3-12,15,28H,1-2,13-14H2,(H,29,33)(H,30,32);2-11,14H,12-13H2,1H3,(H,28,32)(H,29,31);3-13,26H,1-2H3,(H,27,31)(H,28,30). The number of nitrogens with one attached hydrogen (secondary N) is 11. The van der Waals surface area contributed by atoms with E-state index in [0.717, 1.165) is 87.5 Å². The third-order valence-electron chi connectivity index (χ3n) is 20.6. The summed E-state index contributed by atoms with van der Waals surface area (Å²) in [7, 11) is 5.55. The van der Waals surface area contributed by atoms with Gasteiger partial charge in [-0.15, -0.1) is 0 Å². The van der Waals surface area contributed by atoms with Crippen molar-refractivity contribution in [2.45, 2.75) is 32.1 Å². The number of likely N-dealkylation sites (tertiary alicyclic amines) is 2. The quantitative estimate of drug-likeness (QED) is 0.0251. The second-order valence-corrected chi connectivity index (χ2v) is 33.5. The second kappa shape index (κ2) is 45.5. The van der Waals surface area contributed by atoms with Gasteiger partial charge in [-0.25, -0.2) is 0 Å². The van der Waals surface area contributed by atoms with Crippen LogP contribution in [0.1, 0.15) is 137 Å². The fourth-order valence-corrected chi connectivity index (χ4v) is 14.8. The van der Waals surface area contributed by atoms with E-state index in [1.807, 2.05) is 24.1 Å². The Balaban J connectivity index is 0.000000157. The number of piperidine rings is 1. The number of amides is 8. The van der Waals surface area contributed by atoms with Crippen molar-refractivity contribution in [3.8, 4) is 0 Å². The van der Waals surface area contributed by atoms with Crippen molar-refractivity contribution in [1.82, 2.24) is 19.6 Å². The first-order valence-corrected chi connectivity index (χ1v) is 43.8. The number of halogens is 8. The highest BCUT2D eigenvalue weighted by Gasteiger charge is 2.25. The van der Waals surface area contributed by atoms with Gasteiger partial charge in [-0.05, 0) is 250 Å². The highest BCUT2D eigenvalue weighted by molar-refractivity contribution is 6.34. The summed E-state index contributed by atoms with van der Waals surface area (Å²) >= 11 is 48.0. The molecule has 32 heteroatoms. The minimum Gasteiger partial charge on any atom is -0.363 e. The summed E-state index contributed by atoms with van der Waals surface area (Å²) in [6.45, 7) is 5.20. The van der Waals surface area contributed by atoms with Crippen molar-refractivity contribution in [2.24, 2.45) is 4.99 Å². The molecule has 0 radical (unpaired) electrons. The van der Waals surface area contributed by atoms with Crippen LogP contribution in [0.25, 0.3) is 0 Å². The van der Waals surface area contributed by atoms with E-state index in [4.69, 9.17) is 109 Å². The third kappa shape index (κ3) is 26.6. The number of anilines is 8. The zero-order valence-electron chi connectivity index (χ0n) is 70.2. The molecule has 15 rings (SSSR count). The Labute approximate surface area is 791 Å². The van der Waals surface area contributed by atoms with Gasteiger partial charge < -0.3 is 62.1 Å². The smallest absolute Gasteiger partial charge is 0.257 e. The molecule has 2 saturated heterocycles. The molecule has 2 fully saturated rings. The van der Waals surface area contributed by atoms with Crippen LogP contribution in [-0.2, 0) is 0 Å². The number of benzene rings is 12. The maximum Gasteiger partial charge on any atom is 0.257 e. The maximum atomic E-state index is 12.9. The molecule has 130 heavy (non-hydrogen) atoms. The van der Waals surface area contributed by atoms with Crippen LogP contribution in [0.4, 0.5) is 45.5 Å². The predicted molar refractivity (Wildman–Crippen MR) is 525 cm³/mol. The lowest BCUT2D eigenvalue weighted by Crippen LogP contribution is -2.35. The van der Waals surface area contributed by atoms with E-state index in [2.05, 4.69) is 57.3 Å². The van der Waals surface area contributed by atoms with Crippen molar-refractivity contribution < 1.29 is 38.4 Å². The maximum absolute atomic E-state index is 12.9. The molecule has 0 saturated carbocycles. The molecule has 0 unspecified atom stereocenters. The van der Waals surface area contributed by atoms with Gasteiger partial charge in [0, 0.05) is 161 Å². The minimum atomic E-state index is -0.421. The fraction of sp³-hybridized carbons (Fsp3) is 0.143. The van der Waals surface area contributed by atoms with Crippen LogP contribution in [0, 0.1) is 16.2 Å². The van der Waals surface area contributed by atoms with Gasteiger partial charge in [0.1, 0.15) is 23.3 Å². The number of hydrogen-bond donors (Lipinski definition) is 11. The summed E-state index contributed by atoms with van der Waals surface area (Å²) in [5.41, 5.74) is 9.47. The first kappa shape index (κ1) is 95.7. The number of carbonyl (C=O) groups is 8. The summed E-state index contributed by atoms with van der Waals surface area (Å²) < 4.78 is 0. The van der Waals surface area contributed by atoms with Gasteiger partial charge in [-0.1, -0.05) is 141 Å². The van der Waals surface area contributed by atoms with Gasteiger partial charge in [-0.2, -0.15) is 0 Å². The van der Waals surface area contributed by atoms with Crippen molar-refractivity contribution in [1.29, 1.82) is 16.2 Å². The van der Waals surface area contributed by atoms with E-state index in [1.165, 1.54) is 30.7 Å². The Kier molecular flexibility index (Phi) is 33.5. The van der Waals surface area contributed by atoms with E-state index in [1.54, 1.807) is 250 Å². The van der Waals surface area contributed by atoms with Crippen LogP contribution < -0.4 is 42.5 Å². The van der Waals surface area contributed by atoms with E-state index in [9.17, 15) is 38.4 Å². The topological polar surface area (TPSA) is 330 Å². The molecule has 662 valence electrons. The Morgan fingerprint density at radius 1 is 0.285 bits per heavy atom. The predicted octanol–water partition coefficient (Wildman–Crippen LogP) is 22.8. The third-order valence-corrected chi connectivity index (χ3v) is 22.5. The molecular formula is C98H86Cl8N16O8. The Hall–Kier alpha value is -13.4. The van der Waals surface area contributed by atoms with Crippen molar-refractivity contribution >= 4 is 209 Å². The van der Waals surface area contributed by atoms with Crippen LogP contribution in [0.15, 0.2) is 272 Å². The monoisotopic (exact) mass is 1890 g/mol. The first-order chi connectivity index (χ1) is 62.4. The molecule has 0 atom stereocenters. The summed E-state index contributed by atoms with van der Waals surface area (Å²) in [6, 6.07) is 73.4. The molecule has 0 bridgehead atoms. The highest BCUT2D eigenvalue weighted by atomic mass is 35.5. The van der Waals surface area contributed by atoms with E-state index >= 15 is 0 Å². The fourth-order valence-electron chi connectivity index (χ4n) is 13.6. The summed E-state index contributed by atoms with van der Waals surface area (Å²) in [4.78, 5) is 115. The molecule has 24 nitrogen and oxygen atoms in total. The summed E-state index contributed by atoms with van der Waals surface area (Å²) in [6.07, 6.45) is 5.58. The summed E-state index contributed by atoms with van der Waals surface area (Å²) in [5, 5.41) is 50.8. The molecule has 11 N–H and O–H groups in total. The van der Waals surface area contributed by atoms with Gasteiger partial charge in [0.2, 0.25) is 0 Å². The normalized spacial score (nSPS) is 12.4. The van der Waals surface area contributed by atoms with Gasteiger partial charge >= 0.3 is 0 Å².